The highest BCUT2D eigenvalue weighted by molar-refractivity contribution is 7.00. The third-order valence-electron chi connectivity index (χ3n) is 8.28. The molecular weight excluding hydrogens is 625 g/mol. The molecule has 0 radical (unpaired) electrons. The first-order valence-corrected chi connectivity index (χ1v) is 16.7. The van der Waals surface area contributed by atoms with Gasteiger partial charge < -0.3 is 25.3 Å². The summed E-state index contributed by atoms with van der Waals surface area (Å²) >= 11 is 1.21. The summed E-state index contributed by atoms with van der Waals surface area (Å²) in [6.07, 6.45) is 1.78. The van der Waals surface area contributed by atoms with Crippen LogP contribution in [0.3, 0.4) is 0 Å². The molecule has 0 aliphatic rings. The molecule has 242 valence electrons. The van der Waals surface area contributed by atoms with Gasteiger partial charge in [-0.1, -0.05) is 85.4 Å². The molecule has 9 heteroatoms. The third-order valence-corrected chi connectivity index (χ3v) is 8.80. The van der Waals surface area contributed by atoms with E-state index in [1.165, 1.54) is 11.7 Å². The van der Waals surface area contributed by atoms with Crippen molar-refractivity contribution >= 4 is 74.0 Å². The molecule has 2 aromatic heterocycles. The van der Waals surface area contributed by atoms with Crippen molar-refractivity contribution in [2.75, 3.05) is 40.8 Å². The summed E-state index contributed by atoms with van der Waals surface area (Å²) in [5.74, 6) is 0. The largest absolute Gasteiger partial charge is 0.385 e. The number of pyridine rings is 1. The van der Waals surface area contributed by atoms with Gasteiger partial charge in [-0.3, -0.25) is 4.98 Å². The number of nitrogens with zero attached hydrogens (tertiary/aromatic N) is 6. The summed E-state index contributed by atoms with van der Waals surface area (Å²) in [6.45, 7) is 4.74. The number of hydrogen-bond donors (Lipinski definition) is 2. The van der Waals surface area contributed by atoms with E-state index in [2.05, 4.69) is 141 Å². The van der Waals surface area contributed by atoms with Crippen LogP contribution >= 0.6 is 11.7 Å². The first-order valence-electron chi connectivity index (χ1n) is 16.0. The van der Waals surface area contributed by atoms with Crippen molar-refractivity contribution in [3.05, 3.63) is 158 Å². The molecule has 0 atom stereocenters. The summed E-state index contributed by atoms with van der Waals surface area (Å²) in [5, 5.41) is 7.15. The van der Waals surface area contributed by atoms with Crippen LogP contribution in [-0.4, -0.2) is 34.5 Å². The van der Waals surface area contributed by atoms with Crippen LogP contribution in [0.1, 0.15) is 5.69 Å². The minimum atomic E-state index is 0.438. The highest BCUT2D eigenvalue weighted by Crippen LogP contribution is 2.54. The maximum atomic E-state index is 5.04. The van der Waals surface area contributed by atoms with Crippen molar-refractivity contribution in [1.82, 2.24) is 19.0 Å². The van der Waals surface area contributed by atoms with Crippen LogP contribution < -0.4 is 25.3 Å². The van der Waals surface area contributed by atoms with Crippen molar-refractivity contribution in [3.63, 3.8) is 0 Å². The van der Waals surface area contributed by atoms with Crippen molar-refractivity contribution in [3.8, 4) is 0 Å². The van der Waals surface area contributed by atoms with Gasteiger partial charge in [0, 0.05) is 43.0 Å². The summed E-state index contributed by atoms with van der Waals surface area (Å²) in [4.78, 5) is 11.2. The van der Waals surface area contributed by atoms with Gasteiger partial charge >= 0.3 is 0 Å². The van der Waals surface area contributed by atoms with Crippen molar-refractivity contribution in [1.29, 1.82) is 0 Å². The first-order chi connectivity index (χ1) is 24.2. The lowest BCUT2D eigenvalue weighted by molar-refractivity contribution is 0.825. The van der Waals surface area contributed by atoms with Crippen LogP contribution in [0, 0.1) is 0 Å². The predicted molar refractivity (Wildman–Crippen MR) is 206 cm³/mol. The number of benzene rings is 5. The number of nitrogens with one attached hydrogen (secondary N) is 2. The molecule has 0 aliphatic heterocycles. The Bertz CT molecular complexity index is 2060. The SMILES string of the molecule is C=C(NCN(C)c1c(NC)c(N(c2ccccc2)c2ccccc2)c2nsnc2c1N(c1ccccc1)c1ccccc1)c1ccccn1. The summed E-state index contributed by atoms with van der Waals surface area (Å²) in [6, 6.07) is 47.4. The molecule has 0 saturated heterocycles. The Morgan fingerprint density at radius 3 is 1.51 bits per heavy atom. The zero-order chi connectivity index (χ0) is 33.6. The van der Waals surface area contributed by atoms with Crippen molar-refractivity contribution < 1.29 is 0 Å². The van der Waals surface area contributed by atoms with Gasteiger partial charge in [0.15, 0.2) is 0 Å². The van der Waals surface area contributed by atoms with E-state index in [1.54, 1.807) is 6.20 Å². The average molecular weight is 661 g/mol. The summed E-state index contributed by atoms with van der Waals surface area (Å²) < 4.78 is 10.1. The van der Waals surface area contributed by atoms with Crippen LogP contribution in [0.2, 0.25) is 0 Å². The van der Waals surface area contributed by atoms with Gasteiger partial charge in [-0.25, -0.2) is 0 Å². The molecule has 0 spiro atoms. The molecule has 0 fully saturated rings. The fourth-order valence-corrected chi connectivity index (χ4v) is 6.60. The van der Waals surface area contributed by atoms with E-state index in [0.717, 1.165) is 67.9 Å². The molecule has 8 nitrogen and oxygen atoms in total. The molecule has 5 aromatic carbocycles. The van der Waals surface area contributed by atoms with E-state index in [9.17, 15) is 0 Å². The Hall–Kier alpha value is -6.19. The third kappa shape index (κ3) is 6.27. The number of anilines is 8. The van der Waals surface area contributed by atoms with Gasteiger partial charge in [0.2, 0.25) is 0 Å². The molecule has 49 heavy (non-hydrogen) atoms. The monoisotopic (exact) mass is 660 g/mol. The second kappa shape index (κ2) is 14.3. The molecule has 7 rings (SSSR count). The minimum Gasteiger partial charge on any atom is -0.385 e. The van der Waals surface area contributed by atoms with Crippen molar-refractivity contribution in [2.45, 2.75) is 0 Å². The maximum absolute atomic E-state index is 5.04. The van der Waals surface area contributed by atoms with Crippen LogP contribution in [0.5, 0.6) is 0 Å². The topological polar surface area (TPSA) is 72.5 Å². The Labute approximate surface area is 290 Å². The molecule has 2 N–H and O–H groups in total. The Morgan fingerprint density at radius 2 is 1.06 bits per heavy atom. The second-order valence-corrected chi connectivity index (χ2v) is 11.9. The Kier molecular flexibility index (Phi) is 9.16. The highest BCUT2D eigenvalue weighted by atomic mass is 32.1. The molecular formula is C40H36N8S. The van der Waals surface area contributed by atoms with E-state index in [4.69, 9.17) is 8.75 Å². The lowest BCUT2D eigenvalue weighted by Gasteiger charge is -2.36. The molecule has 0 unspecified atom stereocenters. The molecule has 2 heterocycles. The highest BCUT2D eigenvalue weighted by Gasteiger charge is 2.32. The second-order valence-electron chi connectivity index (χ2n) is 11.4. The summed E-state index contributed by atoms with van der Waals surface area (Å²) in [5.41, 5.74) is 10.7. The zero-order valence-electron chi connectivity index (χ0n) is 27.4. The van der Waals surface area contributed by atoms with E-state index >= 15 is 0 Å². The average Bonchev–Trinajstić information content (AvgIpc) is 3.66. The quantitative estimate of drug-likeness (QED) is 0.126. The normalized spacial score (nSPS) is 10.8. The van der Waals surface area contributed by atoms with Crippen LogP contribution in [0.4, 0.5) is 45.5 Å². The van der Waals surface area contributed by atoms with E-state index in [1.807, 2.05) is 49.5 Å². The number of rotatable bonds is 12. The maximum Gasteiger partial charge on any atom is 0.133 e. The van der Waals surface area contributed by atoms with E-state index in [-0.39, 0.29) is 0 Å². The zero-order valence-corrected chi connectivity index (χ0v) is 28.2. The van der Waals surface area contributed by atoms with Crippen molar-refractivity contribution in [2.24, 2.45) is 0 Å². The van der Waals surface area contributed by atoms with Crippen LogP contribution in [0.25, 0.3) is 16.7 Å². The fourth-order valence-electron chi connectivity index (χ4n) is 6.05. The molecule has 0 bridgehead atoms. The lowest BCUT2D eigenvalue weighted by Crippen LogP contribution is -2.32. The predicted octanol–water partition coefficient (Wildman–Crippen LogP) is 9.72. The molecule has 0 saturated carbocycles. The van der Waals surface area contributed by atoms with Gasteiger partial charge in [0.25, 0.3) is 0 Å². The number of para-hydroxylation sites is 4. The summed E-state index contributed by atoms with van der Waals surface area (Å²) in [7, 11) is 4.05. The Morgan fingerprint density at radius 1 is 0.612 bits per heavy atom. The molecule has 0 aliphatic carbocycles. The molecule has 7 aromatic rings. The Balaban J connectivity index is 1.52. The van der Waals surface area contributed by atoms with Gasteiger partial charge in [-0.2, -0.15) is 8.75 Å². The van der Waals surface area contributed by atoms with Gasteiger partial charge in [0.05, 0.1) is 41.2 Å². The first kappa shape index (κ1) is 31.4. The smallest absolute Gasteiger partial charge is 0.133 e. The van der Waals surface area contributed by atoms with E-state index in [0.29, 0.717) is 6.67 Å². The number of hydrogen-bond acceptors (Lipinski definition) is 9. The van der Waals surface area contributed by atoms with E-state index < -0.39 is 0 Å². The van der Waals surface area contributed by atoms with Gasteiger partial charge in [-0.15, -0.1) is 0 Å². The fraction of sp³-hybridized carbons (Fsp3) is 0.0750. The van der Waals surface area contributed by atoms with Gasteiger partial charge in [0.1, 0.15) is 22.4 Å². The number of fused-ring (bicyclic) bond motifs is 1. The molecule has 0 amide bonds. The number of aromatic nitrogens is 3. The minimum absolute atomic E-state index is 0.438. The van der Waals surface area contributed by atoms with Gasteiger partial charge in [-0.05, 0) is 60.7 Å². The van der Waals surface area contributed by atoms with Crippen LogP contribution in [0.15, 0.2) is 152 Å². The standard InChI is InChI=1S/C40H36N8S/c1-29(34-26-16-17-27-42-34)43-28-46(3)39-37(41-2)38(47(30-18-8-4-9-19-30)31-20-10-5-11-21-31)35-36(45-49-44-35)40(39)48(32-22-12-6-13-23-32)33-24-14-7-15-25-33/h4-27,41,43H,1,28H2,2-3H3. The lowest BCUT2D eigenvalue weighted by atomic mass is 10.0. The van der Waals surface area contributed by atoms with Crippen LogP contribution in [-0.2, 0) is 0 Å².